The van der Waals surface area contributed by atoms with Crippen LogP contribution in [0.4, 0.5) is 0 Å². The molecule has 0 aliphatic heterocycles. The Hall–Kier alpha value is -2.88. The van der Waals surface area contributed by atoms with Gasteiger partial charge in [-0.05, 0) is 51.1 Å². The van der Waals surface area contributed by atoms with Gasteiger partial charge in [0.2, 0.25) is 0 Å². The average molecular weight is 333 g/mol. The molecule has 3 aromatic rings. The second-order valence-corrected chi connectivity index (χ2v) is 6.31. The number of aromatic nitrogens is 2. The number of nitrogens with zero attached hydrogens (tertiary/aromatic N) is 3. The summed E-state index contributed by atoms with van der Waals surface area (Å²) in [5.74, 6) is 0.916. The summed E-state index contributed by atoms with van der Waals surface area (Å²) in [4.78, 5) is 19.2. The molecule has 0 bridgehead atoms. The number of hydrogen-bond donors (Lipinski definition) is 0. The van der Waals surface area contributed by atoms with Crippen LogP contribution >= 0.6 is 0 Å². The van der Waals surface area contributed by atoms with Crippen LogP contribution in [0.2, 0.25) is 0 Å². The summed E-state index contributed by atoms with van der Waals surface area (Å²) in [6.07, 6.45) is 0. The number of carbonyl (C=O) groups excluding carboxylic acids is 1. The Morgan fingerprint density at radius 2 is 1.92 bits per heavy atom. The molecule has 0 atom stereocenters. The highest BCUT2D eigenvalue weighted by atomic mass is 16.2. The topological polar surface area (TPSA) is 38.1 Å². The highest BCUT2D eigenvalue weighted by Crippen LogP contribution is 2.23. The van der Waals surface area contributed by atoms with E-state index in [1.807, 2.05) is 57.2 Å². The SMILES string of the molecule is C=C(C)CN(CC)C(=O)c1ccc2c(c1)nc(C)n2-c1ccccc1. The number of likely N-dealkylation sites (N-methyl/N-ethyl adjacent to an activating group) is 1. The van der Waals surface area contributed by atoms with E-state index in [0.717, 1.165) is 28.1 Å². The van der Waals surface area contributed by atoms with E-state index >= 15 is 0 Å². The smallest absolute Gasteiger partial charge is 0.254 e. The zero-order valence-corrected chi connectivity index (χ0v) is 15.0. The van der Waals surface area contributed by atoms with Crippen molar-refractivity contribution in [2.24, 2.45) is 0 Å². The molecule has 1 aromatic heterocycles. The van der Waals surface area contributed by atoms with Crippen LogP contribution in [0.3, 0.4) is 0 Å². The van der Waals surface area contributed by atoms with Gasteiger partial charge in [0.1, 0.15) is 5.82 Å². The van der Waals surface area contributed by atoms with E-state index in [4.69, 9.17) is 0 Å². The van der Waals surface area contributed by atoms with Gasteiger partial charge in [0.15, 0.2) is 0 Å². The predicted octanol–water partition coefficient (Wildman–Crippen LogP) is 4.37. The van der Waals surface area contributed by atoms with Gasteiger partial charge in [0.05, 0.1) is 11.0 Å². The molecule has 0 aliphatic carbocycles. The number of hydrogen-bond acceptors (Lipinski definition) is 2. The Bertz CT molecular complexity index is 925. The molecular weight excluding hydrogens is 310 g/mol. The lowest BCUT2D eigenvalue weighted by Crippen LogP contribution is -2.32. The fourth-order valence-corrected chi connectivity index (χ4v) is 3.07. The molecule has 0 radical (unpaired) electrons. The molecule has 4 nitrogen and oxygen atoms in total. The highest BCUT2D eigenvalue weighted by Gasteiger charge is 2.16. The summed E-state index contributed by atoms with van der Waals surface area (Å²) in [6.45, 7) is 11.0. The van der Waals surface area contributed by atoms with Gasteiger partial charge in [-0.25, -0.2) is 4.98 Å². The van der Waals surface area contributed by atoms with Crippen LogP contribution in [0, 0.1) is 6.92 Å². The third-order valence-corrected chi connectivity index (χ3v) is 4.21. The lowest BCUT2D eigenvalue weighted by molar-refractivity contribution is 0.0778. The Morgan fingerprint density at radius 3 is 2.56 bits per heavy atom. The maximum atomic E-state index is 12.8. The van der Waals surface area contributed by atoms with Gasteiger partial charge in [-0.15, -0.1) is 0 Å². The maximum Gasteiger partial charge on any atom is 0.254 e. The summed E-state index contributed by atoms with van der Waals surface area (Å²) >= 11 is 0. The van der Waals surface area contributed by atoms with Crippen molar-refractivity contribution in [3.63, 3.8) is 0 Å². The minimum absolute atomic E-state index is 0.0133. The largest absolute Gasteiger partial charge is 0.335 e. The van der Waals surface area contributed by atoms with Gasteiger partial charge in [-0.3, -0.25) is 9.36 Å². The first-order valence-corrected chi connectivity index (χ1v) is 8.49. The average Bonchev–Trinajstić information content (AvgIpc) is 2.94. The normalized spacial score (nSPS) is 10.8. The Labute approximate surface area is 148 Å². The van der Waals surface area contributed by atoms with E-state index in [1.54, 1.807) is 4.90 Å². The Morgan fingerprint density at radius 1 is 1.20 bits per heavy atom. The van der Waals surface area contributed by atoms with Crippen molar-refractivity contribution in [3.8, 4) is 5.69 Å². The summed E-state index contributed by atoms with van der Waals surface area (Å²) in [6, 6.07) is 15.9. The lowest BCUT2D eigenvalue weighted by atomic mass is 10.1. The highest BCUT2D eigenvalue weighted by molar-refractivity contribution is 5.97. The molecule has 0 saturated heterocycles. The molecule has 128 valence electrons. The number of benzene rings is 2. The van der Waals surface area contributed by atoms with E-state index in [0.29, 0.717) is 18.7 Å². The molecular formula is C21H23N3O. The van der Waals surface area contributed by atoms with Crippen molar-refractivity contribution < 1.29 is 4.79 Å². The zero-order chi connectivity index (χ0) is 18.0. The van der Waals surface area contributed by atoms with Crippen molar-refractivity contribution in [1.82, 2.24) is 14.5 Å². The first-order valence-electron chi connectivity index (χ1n) is 8.49. The molecule has 0 saturated carbocycles. The monoisotopic (exact) mass is 333 g/mol. The molecule has 1 heterocycles. The number of amides is 1. The Balaban J connectivity index is 2.02. The van der Waals surface area contributed by atoms with Gasteiger partial charge in [0.25, 0.3) is 5.91 Å². The second kappa shape index (κ2) is 6.93. The van der Waals surface area contributed by atoms with Crippen molar-refractivity contribution in [2.75, 3.05) is 13.1 Å². The number of rotatable bonds is 5. The zero-order valence-electron chi connectivity index (χ0n) is 15.0. The van der Waals surface area contributed by atoms with Crippen molar-refractivity contribution in [1.29, 1.82) is 0 Å². The van der Waals surface area contributed by atoms with Gasteiger partial charge < -0.3 is 4.90 Å². The number of carbonyl (C=O) groups is 1. The van der Waals surface area contributed by atoms with Gasteiger partial charge >= 0.3 is 0 Å². The molecule has 0 N–H and O–H groups in total. The van der Waals surface area contributed by atoms with E-state index < -0.39 is 0 Å². The first kappa shape index (κ1) is 17.0. The molecule has 4 heteroatoms. The first-order chi connectivity index (χ1) is 12.0. The quantitative estimate of drug-likeness (QED) is 0.650. The molecule has 0 spiro atoms. The minimum atomic E-state index is 0.0133. The van der Waals surface area contributed by atoms with Crippen LogP contribution in [0.1, 0.15) is 30.0 Å². The fraction of sp³-hybridized carbons (Fsp3) is 0.238. The van der Waals surface area contributed by atoms with Crippen molar-refractivity contribution in [2.45, 2.75) is 20.8 Å². The number of fused-ring (bicyclic) bond motifs is 1. The third-order valence-electron chi connectivity index (χ3n) is 4.21. The third kappa shape index (κ3) is 3.33. The summed E-state index contributed by atoms with van der Waals surface area (Å²) in [7, 11) is 0. The van der Waals surface area contributed by atoms with Crippen LogP contribution in [0.25, 0.3) is 16.7 Å². The van der Waals surface area contributed by atoms with Crippen LogP contribution in [-0.2, 0) is 0 Å². The molecule has 0 fully saturated rings. The van der Waals surface area contributed by atoms with E-state index in [1.165, 1.54) is 0 Å². The van der Waals surface area contributed by atoms with Crippen LogP contribution in [0.5, 0.6) is 0 Å². The van der Waals surface area contributed by atoms with Crippen LogP contribution in [-0.4, -0.2) is 33.4 Å². The van der Waals surface area contributed by atoms with E-state index in [2.05, 4.69) is 28.3 Å². The fourth-order valence-electron chi connectivity index (χ4n) is 3.07. The standard InChI is InChI=1S/C21H23N3O/c1-5-23(14-15(2)3)21(25)17-11-12-20-19(13-17)22-16(4)24(20)18-9-7-6-8-10-18/h6-13H,2,5,14H2,1,3-4H3. The molecule has 1 amide bonds. The molecule has 0 unspecified atom stereocenters. The molecule has 25 heavy (non-hydrogen) atoms. The molecule has 3 rings (SSSR count). The number of para-hydroxylation sites is 1. The predicted molar refractivity (Wildman–Crippen MR) is 102 cm³/mol. The van der Waals surface area contributed by atoms with Crippen LogP contribution in [0.15, 0.2) is 60.7 Å². The minimum Gasteiger partial charge on any atom is -0.335 e. The Kier molecular flexibility index (Phi) is 4.70. The second-order valence-electron chi connectivity index (χ2n) is 6.31. The van der Waals surface area contributed by atoms with E-state index in [-0.39, 0.29) is 5.91 Å². The summed E-state index contributed by atoms with van der Waals surface area (Å²) < 4.78 is 2.11. The van der Waals surface area contributed by atoms with Crippen LogP contribution < -0.4 is 0 Å². The summed E-state index contributed by atoms with van der Waals surface area (Å²) in [5, 5.41) is 0. The molecule has 2 aromatic carbocycles. The van der Waals surface area contributed by atoms with E-state index in [9.17, 15) is 4.79 Å². The number of imidazole rings is 1. The lowest BCUT2D eigenvalue weighted by Gasteiger charge is -2.21. The molecule has 0 aliphatic rings. The maximum absolute atomic E-state index is 12.8. The van der Waals surface area contributed by atoms with Crippen molar-refractivity contribution in [3.05, 3.63) is 72.1 Å². The van der Waals surface area contributed by atoms with Gasteiger partial charge in [-0.2, -0.15) is 0 Å². The van der Waals surface area contributed by atoms with Gasteiger partial charge in [0, 0.05) is 24.3 Å². The summed E-state index contributed by atoms with van der Waals surface area (Å²) in [5.41, 5.74) is 4.54. The number of aryl methyl sites for hydroxylation is 1. The van der Waals surface area contributed by atoms with Crippen molar-refractivity contribution >= 4 is 16.9 Å². The van der Waals surface area contributed by atoms with Gasteiger partial charge in [-0.1, -0.05) is 30.4 Å².